The number of rotatable bonds is 9. The van der Waals surface area contributed by atoms with Crippen LogP contribution in [-0.4, -0.2) is 58.2 Å². The van der Waals surface area contributed by atoms with Crippen molar-refractivity contribution in [2.75, 3.05) is 23.7 Å². The molecule has 1 fully saturated rings. The monoisotopic (exact) mass is 632 g/mol. The average molecular weight is 633 g/mol. The number of amides is 2. The number of carbonyl (C=O) groups excluding carboxylic acids is 2. The molecule has 2 heterocycles. The number of aromatic nitrogens is 2. The third-order valence-corrected chi connectivity index (χ3v) is 6.95. The van der Waals surface area contributed by atoms with Crippen LogP contribution in [0.3, 0.4) is 0 Å². The fraction of sp³-hybridized carbons (Fsp3) is 0.500. The molecule has 2 amide bonds. The van der Waals surface area contributed by atoms with Crippen LogP contribution >= 0.6 is 11.6 Å². The summed E-state index contributed by atoms with van der Waals surface area (Å²) in [5, 5.41) is 6.49. The average Bonchev–Trinajstić information content (AvgIpc) is 3.73. The lowest BCUT2D eigenvalue weighted by Crippen LogP contribution is -2.52. The molecule has 2 aromatic rings. The zero-order chi connectivity index (χ0) is 31.0. The molecule has 0 saturated heterocycles. The molecule has 18 heteroatoms. The van der Waals surface area contributed by atoms with Gasteiger partial charge in [-0.1, -0.05) is 11.6 Å². The first-order valence-electron chi connectivity index (χ1n) is 12.4. The molecule has 0 spiro atoms. The molecule has 0 bridgehead atoms. The molecule has 0 radical (unpaired) electrons. The van der Waals surface area contributed by atoms with Crippen molar-refractivity contribution in [3.05, 3.63) is 40.0 Å². The second kappa shape index (κ2) is 11.6. The number of nitrogens with zero attached hydrogens (tertiary/aromatic N) is 3. The number of nitrogens with one attached hydrogen (secondary N) is 3. The summed E-state index contributed by atoms with van der Waals surface area (Å²) in [6.45, 7) is -1.11. The van der Waals surface area contributed by atoms with Gasteiger partial charge in [0.2, 0.25) is 17.6 Å². The van der Waals surface area contributed by atoms with Crippen LogP contribution < -0.4 is 16.0 Å². The molecule has 3 N–H and O–H groups in total. The van der Waals surface area contributed by atoms with E-state index in [9.17, 15) is 49.1 Å². The Kier molecular flexibility index (Phi) is 8.72. The third-order valence-electron chi connectivity index (χ3n) is 6.64. The lowest BCUT2D eigenvalue weighted by Gasteiger charge is -2.30. The zero-order valence-corrected chi connectivity index (χ0v) is 22.0. The van der Waals surface area contributed by atoms with Crippen LogP contribution in [0.15, 0.2) is 18.3 Å². The summed E-state index contributed by atoms with van der Waals surface area (Å²) in [6, 6.07) is 2.75. The molecule has 1 saturated carbocycles. The summed E-state index contributed by atoms with van der Waals surface area (Å²) in [5.74, 6) is -8.56. The van der Waals surface area contributed by atoms with Crippen LogP contribution in [0.4, 0.5) is 57.0 Å². The van der Waals surface area contributed by atoms with Crippen molar-refractivity contribution in [2.45, 2.75) is 56.8 Å². The number of fused-ring (bicyclic) bond motifs is 1. The number of hydrogen-bond acceptors (Lipinski definition) is 6. The van der Waals surface area contributed by atoms with Gasteiger partial charge in [-0.25, -0.2) is 18.2 Å². The molecule has 1 aliphatic heterocycles. The standard InChI is InChI=1S/C24H22ClF9N6O2/c25-15-7-12-10-40(20(42)24(32,33)34)6-4-11(12)8-16(15)37-21-36-9-14(23(29,30)31)18(38-21)35-5-3-17(41)39-22(28,19(26)27)13-1-2-13/h7-9,13,19H,1-6,10H2,(H,39,41)(H2,35,36,37,38). The predicted molar refractivity (Wildman–Crippen MR) is 131 cm³/mol. The second-order valence-electron chi connectivity index (χ2n) is 9.72. The van der Waals surface area contributed by atoms with Crippen molar-refractivity contribution >= 4 is 40.9 Å². The number of alkyl halides is 9. The van der Waals surface area contributed by atoms with Crippen molar-refractivity contribution in [2.24, 2.45) is 5.92 Å². The van der Waals surface area contributed by atoms with E-state index in [0.717, 1.165) is 0 Å². The maximum atomic E-state index is 14.5. The van der Waals surface area contributed by atoms with E-state index in [0.29, 0.717) is 22.2 Å². The van der Waals surface area contributed by atoms with Crippen molar-refractivity contribution in [3.8, 4) is 0 Å². The van der Waals surface area contributed by atoms with Gasteiger partial charge >= 0.3 is 18.3 Å². The largest absolute Gasteiger partial charge is 0.471 e. The molecular weight excluding hydrogens is 611 g/mol. The van der Waals surface area contributed by atoms with Crippen LogP contribution in [0.25, 0.3) is 0 Å². The quantitative estimate of drug-likeness (QED) is 0.246. The van der Waals surface area contributed by atoms with Crippen molar-refractivity contribution in [3.63, 3.8) is 0 Å². The number of halogens is 10. The summed E-state index contributed by atoms with van der Waals surface area (Å²) in [6.07, 6.45) is -13.3. The summed E-state index contributed by atoms with van der Waals surface area (Å²) < 4.78 is 120. The highest BCUT2D eigenvalue weighted by atomic mass is 35.5. The normalized spacial score (nSPS) is 17.0. The van der Waals surface area contributed by atoms with E-state index in [2.05, 4.69) is 20.6 Å². The number of carbonyl (C=O) groups is 2. The van der Waals surface area contributed by atoms with E-state index in [4.69, 9.17) is 11.6 Å². The molecule has 2 aliphatic rings. The van der Waals surface area contributed by atoms with Crippen LogP contribution in [0.5, 0.6) is 0 Å². The van der Waals surface area contributed by atoms with E-state index < -0.39 is 66.6 Å². The second-order valence-corrected chi connectivity index (χ2v) is 10.1. The molecule has 1 unspecified atom stereocenters. The highest BCUT2D eigenvalue weighted by Gasteiger charge is 2.54. The molecule has 1 aromatic heterocycles. The molecular formula is C24H22ClF9N6O2. The van der Waals surface area contributed by atoms with E-state index in [1.54, 1.807) is 5.32 Å². The predicted octanol–water partition coefficient (Wildman–Crippen LogP) is 5.60. The van der Waals surface area contributed by atoms with Gasteiger partial charge in [-0.3, -0.25) is 9.59 Å². The van der Waals surface area contributed by atoms with Gasteiger partial charge in [0.05, 0.1) is 10.7 Å². The van der Waals surface area contributed by atoms with Gasteiger partial charge in [0.15, 0.2) is 0 Å². The topological polar surface area (TPSA) is 99.3 Å². The lowest BCUT2D eigenvalue weighted by atomic mass is 9.99. The van der Waals surface area contributed by atoms with E-state index in [1.165, 1.54) is 12.1 Å². The Morgan fingerprint density at radius 1 is 1.07 bits per heavy atom. The van der Waals surface area contributed by atoms with Crippen molar-refractivity contribution < 1.29 is 49.1 Å². The van der Waals surface area contributed by atoms with Crippen LogP contribution in [0.2, 0.25) is 5.02 Å². The Morgan fingerprint density at radius 3 is 2.36 bits per heavy atom. The van der Waals surface area contributed by atoms with E-state index in [1.807, 2.05) is 0 Å². The Balaban J connectivity index is 1.46. The lowest BCUT2D eigenvalue weighted by molar-refractivity contribution is -0.186. The highest BCUT2D eigenvalue weighted by molar-refractivity contribution is 6.33. The Labute approximate surface area is 237 Å². The van der Waals surface area contributed by atoms with Gasteiger partial charge in [0.1, 0.15) is 11.4 Å². The Morgan fingerprint density at radius 2 is 1.76 bits per heavy atom. The molecule has 8 nitrogen and oxygen atoms in total. The summed E-state index contributed by atoms with van der Waals surface area (Å²) in [5.41, 5.74) is -0.329. The van der Waals surface area contributed by atoms with Gasteiger partial charge in [-0.15, -0.1) is 0 Å². The molecule has 1 aliphatic carbocycles. The highest BCUT2D eigenvalue weighted by Crippen LogP contribution is 2.44. The first-order chi connectivity index (χ1) is 19.5. The summed E-state index contributed by atoms with van der Waals surface area (Å²) in [7, 11) is 0. The molecule has 1 aromatic carbocycles. The maximum Gasteiger partial charge on any atom is 0.471 e. The van der Waals surface area contributed by atoms with Gasteiger partial charge in [0.25, 0.3) is 6.43 Å². The smallest absolute Gasteiger partial charge is 0.369 e. The number of hydrogen-bond donors (Lipinski definition) is 3. The van der Waals surface area contributed by atoms with E-state index in [-0.39, 0.29) is 49.0 Å². The van der Waals surface area contributed by atoms with Gasteiger partial charge in [-0.05, 0) is 42.5 Å². The Bertz CT molecular complexity index is 1350. The van der Waals surface area contributed by atoms with Crippen LogP contribution in [0, 0.1) is 5.92 Å². The molecule has 4 rings (SSSR count). The Hall–Kier alpha value is -3.50. The van der Waals surface area contributed by atoms with E-state index >= 15 is 0 Å². The minimum atomic E-state index is -5.04. The summed E-state index contributed by atoms with van der Waals surface area (Å²) in [4.78, 5) is 31.6. The fourth-order valence-electron chi connectivity index (χ4n) is 4.34. The first-order valence-corrected chi connectivity index (χ1v) is 12.8. The summed E-state index contributed by atoms with van der Waals surface area (Å²) >= 11 is 6.22. The fourth-order valence-corrected chi connectivity index (χ4v) is 4.57. The van der Waals surface area contributed by atoms with Crippen molar-refractivity contribution in [1.82, 2.24) is 20.2 Å². The minimum absolute atomic E-state index is 0.0399. The van der Waals surface area contributed by atoms with Gasteiger partial charge in [0, 0.05) is 38.2 Å². The zero-order valence-electron chi connectivity index (χ0n) is 21.3. The first kappa shape index (κ1) is 31.4. The third kappa shape index (κ3) is 7.10. The van der Waals surface area contributed by atoms with Gasteiger partial charge in [-0.2, -0.15) is 31.3 Å². The maximum absolute atomic E-state index is 14.5. The molecule has 1 atom stereocenters. The van der Waals surface area contributed by atoms with Crippen molar-refractivity contribution in [1.29, 1.82) is 0 Å². The van der Waals surface area contributed by atoms with Crippen LogP contribution in [0.1, 0.15) is 36.0 Å². The van der Waals surface area contributed by atoms with Crippen LogP contribution in [-0.2, 0) is 28.7 Å². The van der Waals surface area contributed by atoms with Gasteiger partial charge < -0.3 is 20.9 Å². The SMILES string of the molecule is O=C(CCNc1nc(Nc2cc3c(cc2Cl)CN(C(=O)C(F)(F)F)CC3)ncc1C(F)(F)F)NC(F)(C(F)F)C1CC1. The minimum Gasteiger partial charge on any atom is -0.369 e. The number of anilines is 3. The molecule has 230 valence electrons. The molecule has 42 heavy (non-hydrogen) atoms. The number of benzene rings is 1.